The summed E-state index contributed by atoms with van der Waals surface area (Å²) in [7, 11) is -1.81. The van der Waals surface area contributed by atoms with E-state index >= 15 is 0 Å². The van der Waals surface area contributed by atoms with Crippen molar-refractivity contribution < 1.29 is 9.22 Å². The zero-order valence-electron chi connectivity index (χ0n) is 9.68. The SMILES string of the molecule is CCC(C(C)=O)[Si](C)(C)OC(C)C. The fourth-order valence-electron chi connectivity index (χ4n) is 1.96. The van der Waals surface area contributed by atoms with Crippen LogP contribution in [0.1, 0.15) is 34.1 Å². The van der Waals surface area contributed by atoms with Gasteiger partial charge in [0.2, 0.25) is 0 Å². The lowest BCUT2D eigenvalue weighted by atomic mass is 10.2. The number of ketones is 1. The number of hydrogen-bond acceptors (Lipinski definition) is 2. The smallest absolute Gasteiger partial charge is 0.197 e. The Balaban J connectivity index is 4.47. The van der Waals surface area contributed by atoms with Crippen molar-refractivity contribution in [3.8, 4) is 0 Å². The number of hydrogen-bond donors (Lipinski definition) is 0. The van der Waals surface area contributed by atoms with Gasteiger partial charge < -0.3 is 4.43 Å². The largest absolute Gasteiger partial charge is 0.414 e. The van der Waals surface area contributed by atoms with E-state index in [2.05, 4.69) is 20.0 Å². The van der Waals surface area contributed by atoms with E-state index < -0.39 is 8.32 Å². The molecule has 0 N–H and O–H groups in total. The highest BCUT2D eigenvalue weighted by Gasteiger charge is 2.36. The van der Waals surface area contributed by atoms with Crippen LogP contribution in [0.25, 0.3) is 0 Å². The molecule has 0 saturated heterocycles. The molecule has 1 atom stereocenters. The molecule has 0 aromatic carbocycles. The van der Waals surface area contributed by atoms with Gasteiger partial charge in [-0.2, -0.15) is 0 Å². The van der Waals surface area contributed by atoms with E-state index in [1.807, 2.05) is 13.8 Å². The number of carbonyl (C=O) groups excluding carboxylic acids is 1. The average molecular weight is 202 g/mol. The average Bonchev–Trinajstić information content (AvgIpc) is 1.82. The van der Waals surface area contributed by atoms with Crippen LogP contribution in [0.15, 0.2) is 0 Å². The molecule has 13 heavy (non-hydrogen) atoms. The number of carbonyl (C=O) groups is 1. The molecule has 1 unspecified atom stereocenters. The second kappa shape index (κ2) is 4.91. The Kier molecular flexibility index (Phi) is 4.85. The van der Waals surface area contributed by atoms with Crippen molar-refractivity contribution >= 4 is 14.1 Å². The summed E-state index contributed by atoms with van der Waals surface area (Å²) in [6, 6.07) is 0. The van der Waals surface area contributed by atoms with Crippen LogP contribution in [0.2, 0.25) is 18.6 Å². The van der Waals surface area contributed by atoms with Gasteiger partial charge in [0.05, 0.1) is 0 Å². The van der Waals surface area contributed by atoms with Gasteiger partial charge in [-0.15, -0.1) is 0 Å². The third-order valence-corrected chi connectivity index (χ3v) is 5.85. The van der Waals surface area contributed by atoms with Gasteiger partial charge in [0.1, 0.15) is 5.78 Å². The van der Waals surface area contributed by atoms with E-state index in [-0.39, 0.29) is 17.4 Å². The summed E-state index contributed by atoms with van der Waals surface area (Å²) in [6.07, 6.45) is 1.14. The predicted octanol–water partition coefficient (Wildman–Crippen LogP) is 2.99. The topological polar surface area (TPSA) is 26.3 Å². The Hall–Kier alpha value is -0.153. The van der Waals surface area contributed by atoms with Gasteiger partial charge in [0.25, 0.3) is 0 Å². The lowest BCUT2D eigenvalue weighted by molar-refractivity contribution is -0.117. The standard InChI is InChI=1S/C10H22O2Si/c1-7-10(9(4)11)13(5,6)12-8(2)3/h8,10H,7H2,1-6H3. The third kappa shape index (κ3) is 4.05. The molecule has 0 aromatic rings. The molecule has 2 nitrogen and oxygen atoms in total. The fourth-order valence-corrected chi connectivity index (χ4v) is 5.30. The van der Waals surface area contributed by atoms with Gasteiger partial charge in [-0.1, -0.05) is 6.92 Å². The Labute approximate surface area is 82.8 Å². The first kappa shape index (κ1) is 12.8. The molecular formula is C10H22O2Si. The van der Waals surface area contributed by atoms with Gasteiger partial charge >= 0.3 is 0 Å². The monoisotopic (exact) mass is 202 g/mol. The van der Waals surface area contributed by atoms with E-state index in [0.717, 1.165) is 6.42 Å². The summed E-state index contributed by atoms with van der Waals surface area (Å²) in [6.45, 7) is 12.0. The minimum Gasteiger partial charge on any atom is -0.414 e. The second-order valence-corrected chi connectivity index (χ2v) is 8.48. The zero-order chi connectivity index (χ0) is 10.6. The molecule has 3 heteroatoms. The first-order valence-electron chi connectivity index (χ1n) is 4.99. The Bertz CT molecular complexity index is 176. The lowest BCUT2D eigenvalue weighted by Gasteiger charge is -2.31. The van der Waals surface area contributed by atoms with Crippen LogP contribution in [0.3, 0.4) is 0 Å². The molecule has 0 aliphatic rings. The maximum atomic E-state index is 11.4. The summed E-state index contributed by atoms with van der Waals surface area (Å²) in [5.74, 6) is 0.278. The molecule has 0 rings (SSSR count). The Morgan fingerprint density at radius 3 is 2.08 bits per heavy atom. The maximum absolute atomic E-state index is 11.4. The van der Waals surface area contributed by atoms with Crippen molar-refractivity contribution in [3.63, 3.8) is 0 Å². The lowest BCUT2D eigenvalue weighted by Crippen LogP contribution is -2.41. The summed E-state index contributed by atoms with van der Waals surface area (Å²) < 4.78 is 5.87. The van der Waals surface area contributed by atoms with E-state index in [0.29, 0.717) is 0 Å². The van der Waals surface area contributed by atoms with Crippen molar-refractivity contribution in [2.45, 2.75) is 58.9 Å². The molecule has 0 heterocycles. The zero-order valence-corrected chi connectivity index (χ0v) is 10.7. The van der Waals surface area contributed by atoms with Gasteiger partial charge in [0.15, 0.2) is 8.32 Å². The maximum Gasteiger partial charge on any atom is 0.197 e. The first-order chi connectivity index (χ1) is 5.81. The van der Waals surface area contributed by atoms with Crippen molar-refractivity contribution in [1.82, 2.24) is 0 Å². The van der Waals surface area contributed by atoms with Gasteiger partial charge in [0, 0.05) is 11.6 Å². The normalized spacial score (nSPS) is 14.7. The van der Waals surface area contributed by atoms with E-state index in [9.17, 15) is 4.79 Å². The molecule has 0 aliphatic carbocycles. The molecule has 0 bridgehead atoms. The third-order valence-electron chi connectivity index (χ3n) is 2.28. The second-order valence-electron chi connectivity index (χ2n) is 4.34. The number of Topliss-reactive ketones (excluding diaryl/α,β-unsaturated/α-hetero) is 1. The molecule has 0 radical (unpaired) electrons. The fraction of sp³-hybridized carbons (Fsp3) is 0.900. The van der Waals surface area contributed by atoms with Gasteiger partial charge in [-0.05, 0) is 40.3 Å². The van der Waals surface area contributed by atoms with Crippen LogP contribution in [0.4, 0.5) is 0 Å². The molecule has 0 spiro atoms. The van der Waals surface area contributed by atoms with E-state index in [1.165, 1.54) is 0 Å². The number of rotatable bonds is 5. The van der Waals surface area contributed by atoms with Gasteiger partial charge in [-0.3, -0.25) is 4.79 Å². The Morgan fingerprint density at radius 2 is 1.85 bits per heavy atom. The molecule has 0 aromatic heterocycles. The van der Waals surface area contributed by atoms with Crippen molar-refractivity contribution in [2.24, 2.45) is 0 Å². The Morgan fingerprint density at radius 1 is 1.38 bits per heavy atom. The van der Waals surface area contributed by atoms with Crippen molar-refractivity contribution in [1.29, 1.82) is 0 Å². The van der Waals surface area contributed by atoms with E-state index in [1.54, 1.807) is 6.92 Å². The van der Waals surface area contributed by atoms with Crippen LogP contribution in [-0.4, -0.2) is 20.2 Å². The van der Waals surface area contributed by atoms with E-state index in [4.69, 9.17) is 4.43 Å². The summed E-state index contributed by atoms with van der Waals surface area (Å²) in [5.41, 5.74) is 0.148. The predicted molar refractivity (Wildman–Crippen MR) is 58.4 cm³/mol. The summed E-state index contributed by atoms with van der Waals surface area (Å²) >= 11 is 0. The van der Waals surface area contributed by atoms with Crippen LogP contribution in [-0.2, 0) is 9.22 Å². The van der Waals surface area contributed by atoms with Gasteiger partial charge in [-0.25, -0.2) is 0 Å². The molecule has 78 valence electrons. The van der Waals surface area contributed by atoms with Crippen LogP contribution in [0, 0.1) is 0 Å². The van der Waals surface area contributed by atoms with Crippen molar-refractivity contribution in [2.75, 3.05) is 0 Å². The molecule has 0 amide bonds. The summed E-state index contributed by atoms with van der Waals surface area (Å²) in [4.78, 5) is 11.4. The first-order valence-corrected chi connectivity index (χ1v) is 7.98. The molecule has 0 fully saturated rings. The minimum atomic E-state index is -1.81. The molecule has 0 saturated carbocycles. The highest BCUT2D eigenvalue weighted by Crippen LogP contribution is 2.28. The molecular weight excluding hydrogens is 180 g/mol. The minimum absolute atomic E-state index is 0.148. The van der Waals surface area contributed by atoms with Crippen LogP contribution in [0.5, 0.6) is 0 Å². The van der Waals surface area contributed by atoms with Crippen LogP contribution < -0.4 is 0 Å². The quantitative estimate of drug-likeness (QED) is 0.641. The summed E-state index contributed by atoms with van der Waals surface area (Å²) in [5, 5.41) is 0. The highest BCUT2D eigenvalue weighted by atomic mass is 28.4. The molecule has 0 aliphatic heterocycles. The van der Waals surface area contributed by atoms with Crippen molar-refractivity contribution in [3.05, 3.63) is 0 Å². The van der Waals surface area contributed by atoms with Crippen LogP contribution >= 0.6 is 0 Å². The highest BCUT2D eigenvalue weighted by molar-refractivity contribution is 6.76.